The highest BCUT2D eigenvalue weighted by Gasteiger charge is 2.20. The van der Waals surface area contributed by atoms with Crippen LogP contribution in [0.4, 0.5) is 5.13 Å². The number of aromatic nitrogens is 1. The highest BCUT2D eigenvalue weighted by molar-refractivity contribution is 7.22. The van der Waals surface area contributed by atoms with Crippen LogP contribution in [0.3, 0.4) is 0 Å². The molecule has 1 fully saturated rings. The predicted molar refractivity (Wildman–Crippen MR) is 148 cm³/mol. The number of hydrogen-bond acceptors (Lipinski definition) is 7. The van der Waals surface area contributed by atoms with E-state index in [2.05, 4.69) is 21.2 Å². The maximum Gasteiger partial charge on any atom is 0.251 e. The minimum Gasteiger partial charge on any atom is -0.494 e. The molecule has 0 spiro atoms. The molecule has 1 amide bonds. The lowest BCUT2D eigenvalue weighted by molar-refractivity contribution is 0.0946. The van der Waals surface area contributed by atoms with Gasteiger partial charge < -0.3 is 15.0 Å². The van der Waals surface area contributed by atoms with Gasteiger partial charge in [-0.3, -0.25) is 14.5 Å². The Hall–Kier alpha value is -3.75. The zero-order valence-corrected chi connectivity index (χ0v) is 21.7. The quantitative estimate of drug-likeness (QED) is 0.332. The molecule has 1 saturated heterocycles. The van der Waals surface area contributed by atoms with Crippen molar-refractivity contribution < 1.29 is 14.3 Å². The Labute approximate surface area is 220 Å². The van der Waals surface area contributed by atoms with E-state index in [-0.39, 0.29) is 11.7 Å². The number of carbonyl (C=O) groups excluding carboxylic acids is 2. The highest BCUT2D eigenvalue weighted by Crippen LogP contribution is 2.32. The van der Waals surface area contributed by atoms with Crippen LogP contribution in [0.15, 0.2) is 72.8 Å². The number of ketones is 1. The number of thiazole rings is 1. The number of rotatable bonds is 9. The molecule has 0 atom stereocenters. The van der Waals surface area contributed by atoms with Crippen LogP contribution in [-0.2, 0) is 0 Å². The number of amides is 1. The van der Waals surface area contributed by atoms with Crippen molar-refractivity contribution in [1.82, 2.24) is 15.2 Å². The normalized spacial score (nSPS) is 14.0. The summed E-state index contributed by atoms with van der Waals surface area (Å²) in [6.07, 6.45) is 0. The Balaban J connectivity index is 1.07. The molecule has 3 aromatic carbocycles. The monoisotopic (exact) mass is 514 g/mol. The molecule has 0 bridgehead atoms. The molecule has 0 unspecified atom stereocenters. The molecule has 190 valence electrons. The lowest BCUT2D eigenvalue weighted by atomic mass is 10.0. The first-order chi connectivity index (χ1) is 18.1. The third-order valence-electron chi connectivity index (χ3n) is 6.46. The van der Waals surface area contributed by atoms with Crippen LogP contribution in [-0.4, -0.2) is 67.4 Å². The maximum atomic E-state index is 12.6. The van der Waals surface area contributed by atoms with Crippen molar-refractivity contribution in [3.05, 3.63) is 89.5 Å². The molecule has 0 radical (unpaired) electrons. The second-order valence-electron chi connectivity index (χ2n) is 8.92. The number of carbonyl (C=O) groups is 2. The van der Waals surface area contributed by atoms with Crippen LogP contribution in [0.5, 0.6) is 5.75 Å². The molecular formula is C29H30N4O3S. The first-order valence-electron chi connectivity index (χ1n) is 12.6. The summed E-state index contributed by atoms with van der Waals surface area (Å²) in [5.41, 5.74) is 2.77. The maximum absolute atomic E-state index is 12.6. The van der Waals surface area contributed by atoms with Crippen LogP contribution < -0.4 is 15.0 Å². The van der Waals surface area contributed by atoms with E-state index < -0.39 is 0 Å². The summed E-state index contributed by atoms with van der Waals surface area (Å²) in [7, 11) is 0. The number of ether oxygens (including phenoxy) is 1. The van der Waals surface area contributed by atoms with Gasteiger partial charge in [-0.25, -0.2) is 4.98 Å². The topological polar surface area (TPSA) is 74.8 Å². The van der Waals surface area contributed by atoms with E-state index in [9.17, 15) is 9.59 Å². The van der Waals surface area contributed by atoms with Crippen molar-refractivity contribution in [3.8, 4) is 5.75 Å². The first kappa shape index (κ1) is 24.9. The fraction of sp³-hybridized carbons (Fsp3) is 0.276. The highest BCUT2D eigenvalue weighted by atomic mass is 32.1. The smallest absolute Gasteiger partial charge is 0.251 e. The fourth-order valence-electron chi connectivity index (χ4n) is 4.41. The number of anilines is 1. The summed E-state index contributed by atoms with van der Waals surface area (Å²) >= 11 is 1.70. The first-order valence-corrected chi connectivity index (χ1v) is 13.4. The van der Waals surface area contributed by atoms with E-state index in [1.165, 1.54) is 0 Å². The van der Waals surface area contributed by atoms with Gasteiger partial charge in [-0.15, -0.1) is 0 Å². The van der Waals surface area contributed by atoms with E-state index in [1.54, 1.807) is 47.7 Å². The molecule has 8 heteroatoms. The number of nitrogens with zero attached hydrogens (tertiary/aromatic N) is 3. The molecule has 0 saturated carbocycles. The van der Waals surface area contributed by atoms with Gasteiger partial charge in [-0.2, -0.15) is 0 Å². The average Bonchev–Trinajstić information content (AvgIpc) is 3.37. The Morgan fingerprint density at radius 1 is 0.919 bits per heavy atom. The Morgan fingerprint density at radius 2 is 1.62 bits per heavy atom. The molecule has 1 aliphatic heterocycles. The van der Waals surface area contributed by atoms with Crippen LogP contribution in [0.1, 0.15) is 33.2 Å². The minimum atomic E-state index is -0.127. The van der Waals surface area contributed by atoms with Gasteiger partial charge in [0.05, 0.1) is 16.8 Å². The number of fused-ring (bicyclic) bond motifs is 1. The lowest BCUT2D eigenvalue weighted by Gasteiger charge is -2.34. The van der Waals surface area contributed by atoms with Crippen molar-refractivity contribution >= 4 is 38.4 Å². The van der Waals surface area contributed by atoms with Crippen LogP contribution >= 0.6 is 11.3 Å². The number of hydrogen-bond donors (Lipinski definition) is 1. The van der Waals surface area contributed by atoms with Crippen molar-refractivity contribution in [1.29, 1.82) is 0 Å². The number of nitrogens with one attached hydrogen (secondary N) is 1. The minimum absolute atomic E-state index is 0.0483. The van der Waals surface area contributed by atoms with Crippen molar-refractivity contribution in [2.24, 2.45) is 0 Å². The molecule has 1 aliphatic rings. The standard InChI is InChI=1S/C29H30N4O3S/c1-2-36-24-12-13-25-26(20-24)37-29(31-25)33-18-16-32(17-19-33)15-14-30-28(35)23-10-8-22(9-11-23)27(34)21-6-4-3-5-7-21/h3-13,20H,2,14-19H2,1H3,(H,30,35). The summed E-state index contributed by atoms with van der Waals surface area (Å²) in [5.74, 6) is 0.708. The van der Waals surface area contributed by atoms with Gasteiger partial charge in [-0.05, 0) is 37.3 Å². The van der Waals surface area contributed by atoms with Gasteiger partial charge >= 0.3 is 0 Å². The lowest BCUT2D eigenvalue weighted by Crippen LogP contribution is -2.48. The summed E-state index contributed by atoms with van der Waals surface area (Å²) < 4.78 is 6.75. The van der Waals surface area contributed by atoms with Crippen LogP contribution in [0.25, 0.3) is 10.2 Å². The Bertz CT molecular complexity index is 1360. The van der Waals surface area contributed by atoms with Gasteiger partial charge in [0.1, 0.15) is 5.75 Å². The number of piperazine rings is 1. The average molecular weight is 515 g/mol. The summed E-state index contributed by atoms with van der Waals surface area (Å²) in [6, 6.07) is 22.0. The van der Waals surface area contributed by atoms with Gasteiger partial charge in [0.2, 0.25) is 0 Å². The molecule has 37 heavy (non-hydrogen) atoms. The van der Waals surface area contributed by atoms with Gasteiger partial charge in [0.25, 0.3) is 5.91 Å². The third-order valence-corrected chi connectivity index (χ3v) is 7.54. The second kappa shape index (κ2) is 11.5. The molecular weight excluding hydrogens is 484 g/mol. The van der Waals surface area contributed by atoms with Crippen molar-refractivity contribution in [3.63, 3.8) is 0 Å². The van der Waals surface area contributed by atoms with Gasteiger partial charge in [0.15, 0.2) is 10.9 Å². The summed E-state index contributed by atoms with van der Waals surface area (Å²) in [6.45, 7) is 7.67. The second-order valence-corrected chi connectivity index (χ2v) is 9.93. The molecule has 0 aliphatic carbocycles. The molecule has 7 nitrogen and oxygen atoms in total. The predicted octanol–water partition coefficient (Wildman–Crippen LogP) is 4.48. The SMILES string of the molecule is CCOc1ccc2nc(N3CCN(CCNC(=O)c4ccc(C(=O)c5ccccc5)cc4)CC3)sc2c1. The fourth-order valence-corrected chi connectivity index (χ4v) is 5.45. The van der Waals surface area contributed by atoms with E-state index in [4.69, 9.17) is 9.72 Å². The molecule has 2 heterocycles. The van der Waals surface area contributed by atoms with E-state index in [1.807, 2.05) is 37.3 Å². The van der Waals surface area contributed by atoms with Crippen LogP contribution in [0, 0.1) is 0 Å². The largest absolute Gasteiger partial charge is 0.494 e. The molecule has 1 aromatic heterocycles. The zero-order chi connectivity index (χ0) is 25.6. The Kier molecular flexibility index (Phi) is 7.77. The van der Waals surface area contributed by atoms with Crippen molar-refractivity contribution in [2.45, 2.75) is 6.92 Å². The van der Waals surface area contributed by atoms with Gasteiger partial charge in [0, 0.05) is 56.0 Å². The molecule has 4 aromatic rings. The van der Waals surface area contributed by atoms with Crippen LogP contribution in [0.2, 0.25) is 0 Å². The van der Waals surface area contributed by atoms with E-state index >= 15 is 0 Å². The van der Waals surface area contributed by atoms with Crippen molar-refractivity contribution in [2.75, 3.05) is 50.8 Å². The Morgan fingerprint density at radius 3 is 2.35 bits per heavy atom. The zero-order valence-electron chi connectivity index (χ0n) is 20.9. The third kappa shape index (κ3) is 5.98. The number of benzene rings is 3. The van der Waals surface area contributed by atoms with E-state index in [0.29, 0.717) is 29.8 Å². The molecule has 1 N–H and O–H groups in total. The molecule has 5 rings (SSSR count). The summed E-state index contributed by atoms with van der Waals surface area (Å²) in [4.78, 5) is 34.6. The summed E-state index contributed by atoms with van der Waals surface area (Å²) in [5, 5.41) is 4.05. The van der Waals surface area contributed by atoms with Gasteiger partial charge in [-0.1, -0.05) is 53.8 Å². The van der Waals surface area contributed by atoms with E-state index in [0.717, 1.165) is 53.8 Å².